The van der Waals surface area contributed by atoms with Crippen LogP contribution in [0.4, 0.5) is 0 Å². The fourth-order valence-electron chi connectivity index (χ4n) is 3.13. The average Bonchev–Trinajstić information content (AvgIpc) is 2.96. The molecule has 1 aliphatic rings. The van der Waals surface area contributed by atoms with Crippen LogP contribution < -0.4 is 0 Å². The van der Waals surface area contributed by atoms with E-state index in [0.29, 0.717) is 12.0 Å². The first kappa shape index (κ1) is 16.9. The Morgan fingerprint density at radius 3 is 2.62 bits per heavy atom. The molecular formula is C17H30N2OS. The van der Waals surface area contributed by atoms with E-state index in [1.54, 1.807) is 11.3 Å². The van der Waals surface area contributed by atoms with Crippen LogP contribution in [-0.2, 0) is 5.60 Å². The zero-order valence-corrected chi connectivity index (χ0v) is 14.7. The van der Waals surface area contributed by atoms with Crippen molar-refractivity contribution in [1.82, 2.24) is 9.88 Å². The molecule has 0 radical (unpaired) electrons. The van der Waals surface area contributed by atoms with Gasteiger partial charge < -0.3 is 10.0 Å². The van der Waals surface area contributed by atoms with Crippen LogP contribution in [0.15, 0.2) is 6.20 Å². The molecule has 0 saturated heterocycles. The van der Waals surface area contributed by atoms with Crippen LogP contribution in [0.1, 0.15) is 75.1 Å². The van der Waals surface area contributed by atoms with E-state index in [9.17, 15) is 5.11 Å². The van der Waals surface area contributed by atoms with Crippen molar-refractivity contribution in [3.8, 4) is 0 Å². The Bertz CT molecular complexity index is 436. The van der Waals surface area contributed by atoms with Gasteiger partial charge in [-0.2, -0.15) is 0 Å². The van der Waals surface area contributed by atoms with Crippen LogP contribution >= 0.6 is 11.3 Å². The van der Waals surface area contributed by atoms with E-state index in [-0.39, 0.29) is 0 Å². The molecule has 0 amide bonds. The molecule has 120 valence electrons. The Morgan fingerprint density at radius 2 is 2.10 bits per heavy atom. The monoisotopic (exact) mass is 310 g/mol. The van der Waals surface area contributed by atoms with Crippen molar-refractivity contribution in [2.75, 3.05) is 13.6 Å². The minimum atomic E-state index is -0.632. The molecule has 2 rings (SSSR count). The quantitative estimate of drug-likeness (QED) is 0.858. The van der Waals surface area contributed by atoms with Crippen molar-refractivity contribution in [3.63, 3.8) is 0 Å². The summed E-state index contributed by atoms with van der Waals surface area (Å²) in [5, 5.41) is 12.1. The van der Waals surface area contributed by atoms with E-state index >= 15 is 0 Å². The van der Waals surface area contributed by atoms with Gasteiger partial charge in [0.2, 0.25) is 0 Å². The third-order valence-corrected chi connectivity index (χ3v) is 6.24. The molecule has 1 N–H and O–H groups in total. The zero-order chi connectivity index (χ0) is 15.5. The summed E-state index contributed by atoms with van der Waals surface area (Å²) < 4.78 is 0. The molecule has 1 aromatic rings. The van der Waals surface area contributed by atoms with E-state index in [2.05, 4.69) is 37.7 Å². The molecule has 3 nitrogen and oxygen atoms in total. The summed E-state index contributed by atoms with van der Waals surface area (Å²) in [5.41, 5.74) is -0.632. The van der Waals surface area contributed by atoms with Crippen LogP contribution in [0.2, 0.25) is 0 Å². The van der Waals surface area contributed by atoms with Crippen LogP contribution in [0.5, 0.6) is 0 Å². The first-order chi connectivity index (χ1) is 9.96. The maximum atomic E-state index is 11.0. The van der Waals surface area contributed by atoms with E-state index in [1.807, 2.05) is 6.20 Å². The Kier molecular flexibility index (Phi) is 5.81. The standard InChI is InChI=1S/C17H30N2OS/c1-5-6-11-19(4)14-7-9-17(20,10-8-14)15-12-18-16(21-15)13(2)3/h12-14,20H,5-11H2,1-4H3. The normalized spacial score (nSPS) is 26.7. The van der Waals surface area contributed by atoms with E-state index < -0.39 is 5.60 Å². The van der Waals surface area contributed by atoms with E-state index in [0.717, 1.165) is 35.6 Å². The molecule has 1 aliphatic carbocycles. The molecule has 4 heteroatoms. The van der Waals surface area contributed by atoms with Crippen LogP contribution in [0.3, 0.4) is 0 Å². The summed E-state index contributed by atoms with van der Waals surface area (Å²) in [4.78, 5) is 8.03. The number of aromatic nitrogens is 1. The van der Waals surface area contributed by atoms with Crippen molar-refractivity contribution in [1.29, 1.82) is 0 Å². The van der Waals surface area contributed by atoms with Gasteiger partial charge in [0.25, 0.3) is 0 Å². The molecule has 0 aliphatic heterocycles. The van der Waals surface area contributed by atoms with Crippen molar-refractivity contribution in [2.45, 2.75) is 76.9 Å². The molecule has 0 aromatic carbocycles. The first-order valence-electron chi connectivity index (χ1n) is 8.35. The smallest absolute Gasteiger partial charge is 0.100 e. The Balaban J connectivity index is 1.94. The number of rotatable bonds is 6. The van der Waals surface area contributed by atoms with Crippen molar-refractivity contribution < 1.29 is 5.11 Å². The lowest BCUT2D eigenvalue weighted by atomic mass is 9.81. The lowest BCUT2D eigenvalue weighted by Gasteiger charge is -2.39. The molecule has 1 heterocycles. The molecule has 1 aromatic heterocycles. The van der Waals surface area contributed by atoms with Crippen molar-refractivity contribution in [2.24, 2.45) is 0 Å². The topological polar surface area (TPSA) is 36.4 Å². The highest BCUT2D eigenvalue weighted by molar-refractivity contribution is 7.11. The third-order valence-electron chi connectivity index (χ3n) is 4.75. The van der Waals surface area contributed by atoms with Gasteiger partial charge in [-0.1, -0.05) is 27.2 Å². The number of hydrogen-bond acceptors (Lipinski definition) is 4. The summed E-state index contributed by atoms with van der Waals surface area (Å²) in [6.45, 7) is 7.74. The van der Waals surface area contributed by atoms with Gasteiger partial charge in [-0.05, 0) is 45.7 Å². The number of hydrogen-bond donors (Lipinski definition) is 1. The second-order valence-electron chi connectivity index (χ2n) is 6.81. The van der Waals surface area contributed by atoms with Gasteiger partial charge in [0.1, 0.15) is 5.60 Å². The predicted molar refractivity (Wildman–Crippen MR) is 89.9 cm³/mol. The molecule has 1 fully saturated rings. The van der Waals surface area contributed by atoms with Crippen molar-refractivity contribution in [3.05, 3.63) is 16.1 Å². The lowest BCUT2D eigenvalue weighted by molar-refractivity contribution is -0.0190. The predicted octanol–water partition coefficient (Wildman–Crippen LogP) is 4.13. The summed E-state index contributed by atoms with van der Waals surface area (Å²) in [6.07, 6.45) is 8.34. The number of unbranched alkanes of at least 4 members (excludes halogenated alkanes) is 1. The van der Waals surface area contributed by atoms with Crippen LogP contribution in [0, 0.1) is 0 Å². The second kappa shape index (κ2) is 7.21. The van der Waals surface area contributed by atoms with Crippen molar-refractivity contribution >= 4 is 11.3 Å². The molecule has 0 unspecified atom stereocenters. The minimum absolute atomic E-state index is 0.448. The third kappa shape index (κ3) is 4.05. The number of thiazole rings is 1. The number of nitrogens with zero attached hydrogens (tertiary/aromatic N) is 2. The molecule has 0 bridgehead atoms. The Morgan fingerprint density at radius 1 is 1.43 bits per heavy atom. The Labute approximate surface area is 133 Å². The van der Waals surface area contributed by atoms with Gasteiger partial charge in [-0.25, -0.2) is 4.98 Å². The average molecular weight is 311 g/mol. The van der Waals surface area contributed by atoms with Crippen LogP contribution in [0.25, 0.3) is 0 Å². The largest absolute Gasteiger partial charge is 0.384 e. The van der Waals surface area contributed by atoms with E-state index in [1.165, 1.54) is 19.4 Å². The fraction of sp³-hybridized carbons (Fsp3) is 0.824. The molecule has 21 heavy (non-hydrogen) atoms. The summed E-state index contributed by atoms with van der Waals surface area (Å²) in [5.74, 6) is 0.448. The highest BCUT2D eigenvalue weighted by Gasteiger charge is 2.37. The zero-order valence-electron chi connectivity index (χ0n) is 13.9. The summed E-state index contributed by atoms with van der Waals surface area (Å²) in [6, 6.07) is 0.634. The minimum Gasteiger partial charge on any atom is -0.384 e. The maximum Gasteiger partial charge on any atom is 0.100 e. The first-order valence-corrected chi connectivity index (χ1v) is 9.16. The van der Waals surface area contributed by atoms with E-state index in [4.69, 9.17) is 0 Å². The highest BCUT2D eigenvalue weighted by Crippen LogP contribution is 2.41. The van der Waals surface area contributed by atoms with Gasteiger partial charge in [0, 0.05) is 18.2 Å². The van der Waals surface area contributed by atoms with Crippen LogP contribution in [-0.4, -0.2) is 34.6 Å². The second-order valence-corrected chi connectivity index (χ2v) is 7.88. The highest BCUT2D eigenvalue weighted by atomic mass is 32.1. The molecular weight excluding hydrogens is 280 g/mol. The summed E-state index contributed by atoms with van der Waals surface area (Å²) >= 11 is 1.70. The van der Waals surface area contributed by atoms with Gasteiger partial charge >= 0.3 is 0 Å². The fourth-order valence-corrected chi connectivity index (χ4v) is 4.19. The molecule has 0 atom stereocenters. The Hall–Kier alpha value is -0.450. The van der Waals surface area contributed by atoms with Gasteiger partial charge in [0.05, 0.1) is 9.88 Å². The summed E-state index contributed by atoms with van der Waals surface area (Å²) in [7, 11) is 2.23. The molecule has 0 spiro atoms. The number of aliphatic hydroxyl groups is 1. The van der Waals surface area contributed by atoms with Gasteiger partial charge in [0.15, 0.2) is 0 Å². The van der Waals surface area contributed by atoms with Gasteiger partial charge in [-0.3, -0.25) is 0 Å². The SMILES string of the molecule is CCCCN(C)C1CCC(O)(c2cnc(C(C)C)s2)CC1. The molecule has 1 saturated carbocycles. The lowest BCUT2D eigenvalue weighted by Crippen LogP contribution is -2.40. The maximum absolute atomic E-state index is 11.0. The van der Waals surface area contributed by atoms with Gasteiger partial charge in [-0.15, -0.1) is 11.3 Å².